The number of hydrogen-bond acceptors (Lipinski definition) is 5. The van der Waals surface area contributed by atoms with E-state index in [1.165, 1.54) is 0 Å². The number of hydrogen-bond donors (Lipinski definition) is 0. The molecule has 0 radical (unpaired) electrons. The highest BCUT2D eigenvalue weighted by molar-refractivity contribution is 7.90. The third-order valence-corrected chi connectivity index (χ3v) is 9.27. The molecule has 12 heteroatoms. The molecule has 190 valence electrons. The Balaban J connectivity index is 1.51. The lowest BCUT2D eigenvalue weighted by molar-refractivity contribution is -0.0496. The molecule has 1 saturated heterocycles. The molecule has 1 fully saturated rings. The first-order chi connectivity index (χ1) is 17.1. The number of alkyl halides is 3. The Hall–Kier alpha value is -2.47. The van der Waals surface area contributed by atoms with Crippen LogP contribution < -0.4 is 0 Å². The van der Waals surface area contributed by atoms with E-state index in [-0.39, 0.29) is 37.9 Å². The molecule has 4 aromatic rings. The van der Waals surface area contributed by atoms with Crippen molar-refractivity contribution in [1.29, 1.82) is 0 Å². The van der Waals surface area contributed by atoms with Gasteiger partial charge in [-0.2, -0.15) is 17.5 Å². The maximum Gasteiger partial charge on any atom is 0.511 e. The van der Waals surface area contributed by atoms with E-state index < -0.39 is 15.5 Å². The fraction of sp³-hybridized carbons (Fsp3) is 0.333. The van der Waals surface area contributed by atoms with Crippen LogP contribution in [0.2, 0.25) is 5.02 Å². The third-order valence-electron chi connectivity index (χ3n) is 6.55. The van der Waals surface area contributed by atoms with Crippen LogP contribution in [0, 0.1) is 6.92 Å². The van der Waals surface area contributed by atoms with Gasteiger partial charge in [0.2, 0.25) is 0 Å². The van der Waals surface area contributed by atoms with Gasteiger partial charge in [0.15, 0.2) is 0 Å². The summed E-state index contributed by atoms with van der Waals surface area (Å²) < 4.78 is 65.2. The second-order valence-electron chi connectivity index (χ2n) is 8.71. The molecule has 0 N–H and O–H groups in total. The highest BCUT2D eigenvalue weighted by atomic mass is 35.5. The second kappa shape index (κ2) is 9.44. The maximum absolute atomic E-state index is 13.0. The molecule has 0 amide bonds. The SMILES string of the molecule is Cc1nc2ccc(C(c3ccc(Cl)cc3)c3nccs3)cc2n1C1CCN(S(=O)(=O)C(F)(F)F)CC1. The Morgan fingerprint density at radius 1 is 1.08 bits per heavy atom. The minimum Gasteiger partial charge on any atom is -0.325 e. The molecule has 0 bridgehead atoms. The molecule has 0 aliphatic carbocycles. The van der Waals surface area contributed by atoms with Gasteiger partial charge < -0.3 is 4.57 Å². The van der Waals surface area contributed by atoms with Crippen molar-refractivity contribution in [2.24, 2.45) is 0 Å². The van der Waals surface area contributed by atoms with Crippen molar-refractivity contribution in [1.82, 2.24) is 18.8 Å². The first-order valence-corrected chi connectivity index (χ1v) is 14.0. The molecule has 1 aliphatic heterocycles. The molecule has 6 nitrogen and oxygen atoms in total. The summed E-state index contributed by atoms with van der Waals surface area (Å²) in [5.41, 5.74) is -1.63. The molecule has 36 heavy (non-hydrogen) atoms. The van der Waals surface area contributed by atoms with Crippen LogP contribution in [0.3, 0.4) is 0 Å². The Labute approximate surface area is 215 Å². The van der Waals surface area contributed by atoms with Gasteiger partial charge in [0.25, 0.3) is 0 Å². The average molecular weight is 555 g/mol. The lowest BCUT2D eigenvalue weighted by Crippen LogP contribution is -2.45. The summed E-state index contributed by atoms with van der Waals surface area (Å²) in [5.74, 6) is 0.602. The van der Waals surface area contributed by atoms with Crippen LogP contribution in [0.1, 0.15) is 46.8 Å². The van der Waals surface area contributed by atoms with Gasteiger partial charge in [-0.3, -0.25) is 0 Å². The summed E-state index contributed by atoms with van der Waals surface area (Å²) in [4.78, 5) is 9.21. The van der Waals surface area contributed by atoms with Crippen molar-refractivity contribution in [2.45, 2.75) is 37.2 Å². The minimum atomic E-state index is -5.33. The maximum atomic E-state index is 13.0. The topological polar surface area (TPSA) is 68.1 Å². The predicted octanol–water partition coefficient (Wildman–Crippen LogP) is 6.12. The molecule has 2 aromatic heterocycles. The average Bonchev–Trinajstić information content (AvgIpc) is 3.47. The van der Waals surface area contributed by atoms with Crippen LogP contribution in [-0.2, 0) is 10.0 Å². The number of fused-ring (bicyclic) bond motifs is 1. The highest BCUT2D eigenvalue weighted by Crippen LogP contribution is 2.37. The van der Waals surface area contributed by atoms with E-state index in [4.69, 9.17) is 11.6 Å². The number of nitrogens with zero attached hydrogens (tertiary/aromatic N) is 4. The van der Waals surface area contributed by atoms with E-state index in [2.05, 4.69) is 16.0 Å². The van der Waals surface area contributed by atoms with Crippen LogP contribution in [-0.4, -0.2) is 45.9 Å². The molecule has 1 unspecified atom stereocenters. The smallest absolute Gasteiger partial charge is 0.325 e. The van der Waals surface area contributed by atoms with Crippen molar-refractivity contribution in [3.63, 3.8) is 0 Å². The highest BCUT2D eigenvalue weighted by Gasteiger charge is 2.50. The first-order valence-electron chi connectivity index (χ1n) is 11.3. The van der Waals surface area contributed by atoms with Gasteiger partial charge in [0.05, 0.1) is 17.0 Å². The lowest BCUT2D eigenvalue weighted by Gasteiger charge is -2.33. The number of aromatic nitrogens is 3. The number of imidazole rings is 1. The van der Waals surface area contributed by atoms with Crippen molar-refractivity contribution in [3.05, 3.63) is 81.0 Å². The summed E-state index contributed by atoms with van der Waals surface area (Å²) in [5, 5.41) is 3.48. The first kappa shape index (κ1) is 25.2. The Morgan fingerprint density at radius 3 is 2.36 bits per heavy atom. The van der Waals surface area contributed by atoms with Crippen molar-refractivity contribution in [2.75, 3.05) is 13.1 Å². The molecular weight excluding hydrogens is 533 g/mol. The molecule has 2 aromatic carbocycles. The molecule has 1 aliphatic rings. The molecule has 3 heterocycles. The van der Waals surface area contributed by atoms with E-state index >= 15 is 0 Å². The zero-order valence-corrected chi connectivity index (χ0v) is 21.5. The van der Waals surface area contributed by atoms with Gasteiger partial charge in [-0.1, -0.05) is 29.8 Å². The molecule has 0 spiro atoms. The Morgan fingerprint density at radius 2 is 1.75 bits per heavy atom. The number of thiazole rings is 1. The molecule has 1 atom stereocenters. The van der Waals surface area contributed by atoms with Gasteiger partial charge >= 0.3 is 15.5 Å². The van der Waals surface area contributed by atoms with Gasteiger partial charge in [-0.05, 0) is 55.2 Å². The fourth-order valence-corrected chi connectivity index (χ4v) is 6.77. The number of sulfonamides is 1. The van der Waals surface area contributed by atoms with Crippen LogP contribution >= 0.6 is 22.9 Å². The van der Waals surface area contributed by atoms with Gasteiger partial charge in [0, 0.05) is 35.7 Å². The normalized spacial score (nSPS) is 17.0. The van der Waals surface area contributed by atoms with Crippen LogP contribution in [0.4, 0.5) is 13.2 Å². The standard InChI is InChI=1S/C24H22ClF3N4O2S2/c1-15-30-20-7-4-17(22(23-29-10-13-35-23)16-2-5-18(25)6-3-16)14-21(20)32(15)19-8-11-31(12-9-19)36(33,34)24(26,27)28/h2-7,10,13-14,19,22H,8-9,11-12H2,1H3. The Bertz CT molecular complexity index is 1480. The summed E-state index contributed by atoms with van der Waals surface area (Å²) in [6.45, 7) is 1.46. The van der Waals surface area contributed by atoms with Gasteiger partial charge in [0.1, 0.15) is 10.8 Å². The van der Waals surface area contributed by atoms with Crippen molar-refractivity contribution >= 4 is 44.0 Å². The quantitative estimate of drug-likeness (QED) is 0.298. The molecule has 5 rings (SSSR count). The van der Waals surface area contributed by atoms with E-state index in [9.17, 15) is 21.6 Å². The monoisotopic (exact) mass is 554 g/mol. The number of aryl methyl sites for hydroxylation is 1. The van der Waals surface area contributed by atoms with E-state index in [1.54, 1.807) is 17.5 Å². The number of halogens is 4. The Kier molecular flexibility index (Phi) is 6.61. The van der Waals surface area contributed by atoms with Gasteiger partial charge in [-0.25, -0.2) is 18.4 Å². The van der Waals surface area contributed by atoms with Crippen LogP contribution in [0.25, 0.3) is 11.0 Å². The van der Waals surface area contributed by atoms with E-state index in [0.717, 1.165) is 33.0 Å². The second-order valence-corrected chi connectivity index (χ2v) is 12.0. The van der Waals surface area contributed by atoms with E-state index in [1.807, 2.05) is 53.3 Å². The molecule has 0 saturated carbocycles. The zero-order valence-electron chi connectivity index (χ0n) is 19.1. The number of benzene rings is 2. The van der Waals surface area contributed by atoms with Crippen molar-refractivity contribution < 1.29 is 21.6 Å². The zero-order chi connectivity index (χ0) is 25.7. The number of rotatable bonds is 5. The van der Waals surface area contributed by atoms with Crippen LogP contribution in [0.5, 0.6) is 0 Å². The summed E-state index contributed by atoms with van der Waals surface area (Å²) in [6.07, 6.45) is 2.29. The summed E-state index contributed by atoms with van der Waals surface area (Å²) in [7, 11) is -5.33. The van der Waals surface area contributed by atoms with Crippen LogP contribution in [0.15, 0.2) is 54.0 Å². The predicted molar refractivity (Wildman–Crippen MR) is 134 cm³/mol. The fourth-order valence-electron chi connectivity index (χ4n) is 4.87. The van der Waals surface area contributed by atoms with E-state index in [0.29, 0.717) is 9.33 Å². The van der Waals surface area contributed by atoms with Crippen molar-refractivity contribution in [3.8, 4) is 0 Å². The number of piperidine rings is 1. The summed E-state index contributed by atoms with van der Waals surface area (Å²) in [6, 6.07) is 13.5. The largest absolute Gasteiger partial charge is 0.511 e. The summed E-state index contributed by atoms with van der Waals surface area (Å²) >= 11 is 7.66. The van der Waals surface area contributed by atoms with Gasteiger partial charge in [-0.15, -0.1) is 11.3 Å². The minimum absolute atomic E-state index is 0.130. The lowest BCUT2D eigenvalue weighted by atomic mass is 9.91. The third kappa shape index (κ3) is 4.53. The molecular formula is C24H22ClF3N4O2S2.